The van der Waals surface area contributed by atoms with Crippen molar-refractivity contribution < 1.29 is 4.52 Å². The normalized spacial score (nSPS) is 21.3. The number of H-pyrrole nitrogens is 1. The number of aromatic amines is 1. The van der Waals surface area contributed by atoms with Gasteiger partial charge in [-0.2, -0.15) is 4.98 Å². The molecule has 2 aromatic heterocycles. The molecule has 1 atom stereocenters. The van der Waals surface area contributed by atoms with Gasteiger partial charge in [0.2, 0.25) is 5.89 Å². The summed E-state index contributed by atoms with van der Waals surface area (Å²) in [5, 5.41) is 3.97. The Kier molecular flexibility index (Phi) is 3.10. The van der Waals surface area contributed by atoms with Crippen LogP contribution in [0.3, 0.4) is 0 Å². The summed E-state index contributed by atoms with van der Waals surface area (Å²) in [5.74, 6) is 2.41. The van der Waals surface area contributed by atoms with Crippen LogP contribution in [-0.2, 0) is 6.54 Å². The van der Waals surface area contributed by atoms with Crippen molar-refractivity contribution in [2.45, 2.75) is 38.8 Å². The van der Waals surface area contributed by atoms with Gasteiger partial charge in [-0.25, -0.2) is 4.98 Å². The van der Waals surface area contributed by atoms with E-state index in [4.69, 9.17) is 4.52 Å². The van der Waals surface area contributed by atoms with Crippen LogP contribution in [0.15, 0.2) is 16.9 Å². The predicted octanol–water partition coefficient (Wildman–Crippen LogP) is 1.83. The van der Waals surface area contributed by atoms with Crippen molar-refractivity contribution >= 4 is 0 Å². The second-order valence-corrected chi connectivity index (χ2v) is 4.69. The highest BCUT2D eigenvalue weighted by atomic mass is 16.5. The molecule has 0 bridgehead atoms. The molecule has 0 aromatic carbocycles. The Morgan fingerprint density at radius 1 is 1.50 bits per heavy atom. The smallest absolute Gasteiger partial charge is 0.223 e. The van der Waals surface area contributed by atoms with Gasteiger partial charge in [0, 0.05) is 19.3 Å². The lowest BCUT2D eigenvalue weighted by Crippen LogP contribution is -2.33. The molecule has 1 fully saturated rings. The third kappa shape index (κ3) is 2.28. The Balaban J connectivity index is 1.76. The van der Waals surface area contributed by atoms with Gasteiger partial charge >= 0.3 is 0 Å². The second kappa shape index (κ2) is 4.89. The maximum absolute atomic E-state index is 5.02. The lowest BCUT2D eigenvalue weighted by atomic mass is 10.0. The Bertz CT molecular complexity index is 492. The van der Waals surface area contributed by atoms with Crippen LogP contribution >= 0.6 is 0 Å². The summed E-state index contributed by atoms with van der Waals surface area (Å²) in [6.45, 7) is 3.60. The van der Waals surface area contributed by atoms with Gasteiger partial charge in [-0.1, -0.05) is 11.6 Å². The van der Waals surface area contributed by atoms with Crippen LogP contribution < -0.4 is 0 Å². The third-order valence-corrected chi connectivity index (χ3v) is 3.36. The van der Waals surface area contributed by atoms with E-state index < -0.39 is 0 Å². The number of rotatable bonds is 3. The fourth-order valence-electron chi connectivity index (χ4n) is 2.54. The molecule has 0 amide bonds. The number of hydrogen-bond acceptors (Lipinski definition) is 5. The summed E-state index contributed by atoms with van der Waals surface area (Å²) in [5.41, 5.74) is 0. The molecule has 0 radical (unpaired) electrons. The van der Waals surface area contributed by atoms with Crippen LogP contribution in [0.2, 0.25) is 0 Å². The minimum absolute atomic E-state index is 0.340. The highest BCUT2D eigenvalue weighted by Crippen LogP contribution is 2.29. The largest absolute Gasteiger partial charge is 0.347 e. The number of nitrogens with zero attached hydrogens (tertiary/aromatic N) is 4. The average Bonchev–Trinajstić information content (AvgIpc) is 3.02. The highest BCUT2D eigenvalue weighted by Gasteiger charge is 2.26. The van der Waals surface area contributed by atoms with Crippen molar-refractivity contribution in [3.05, 3.63) is 29.9 Å². The molecule has 0 spiro atoms. The highest BCUT2D eigenvalue weighted by molar-refractivity contribution is 4.99. The molecule has 0 aliphatic carbocycles. The zero-order valence-corrected chi connectivity index (χ0v) is 10.5. The molecular formula is C12H17N5O. The molecule has 1 aliphatic rings. The molecule has 1 aliphatic heterocycles. The molecule has 6 heteroatoms. The molecule has 0 saturated carbocycles. The van der Waals surface area contributed by atoms with Gasteiger partial charge in [-0.05, 0) is 19.4 Å². The number of nitrogens with one attached hydrogen (secondary N) is 1. The van der Waals surface area contributed by atoms with Crippen molar-refractivity contribution in [1.29, 1.82) is 0 Å². The van der Waals surface area contributed by atoms with E-state index >= 15 is 0 Å². The molecule has 3 rings (SSSR count). The molecule has 6 nitrogen and oxygen atoms in total. The number of likely N-dealkylation sites (tertiary alicyclic amines) is 1. The number of hydrogen-bond donors (Lipinski definition) is 1. The number of aromatic nitrogens is 4. The number of imidazole rings is 1. The van der Waals surface area contributed by atoms with Crippen LogP contribution in [0.4, 0.5) is 0 Å². The monoisotopic (exact) mass is 247 g/mol. The van der Waals surface area contributed by atoms with Crippen LogP contribution in [0, 0.1) is 6.92 Å². The van der Waals surface area contributed by atoms with Crippen molar-refractivity contribution in [2.75, 3.05) is 6.54 Å². The molecule has 3 heterocycles. The van der Waals surface area contributed by atoms with Gasteiger partial charge in [0.05, 0.1) is 12.6 Å². The summed E-state index contributed by atoms with van der Waals surface area (Å²) in [6.07, 6.45) is 7.27. The van der Waals surface area contributed by atoms with Crippen LogP contribution in [-0.4, -0.2) is 31.6 Å². The fraction of sp³-hybridized carbons (Fsp3) is 0.583. The van der Waals surface area contributed by atoms with Crippen molar-refractivity contribution in [3.63, 3.8) is 0 Å². The Morgan fingerprint density at radius 2 is 2.44 bits per heavy atom. The fourth-order valence-corrected chi connectivity index (χ4v) is 2.54. The van der Waals surface area contributed by atoms with Gasteiger partial charge in [0.15, 0.2) is 5.82 Å². The average molecular weight is 247 g/mol. The molecule has 96 valence electrons. The van der Waals surface area contributed by atoms with Crippen LogP contribution in [0.25, 0.3) is 0 Å². The zero-order valence-electron chi connectivity index (χ0n) is 10.5. The van der Waals surface area contributed by atoms with Crippen LogP contribution in [0.5, 0.6) is 0 Å². The molecule has 1 saturated heterocycles. The first-order chi connectivity index (χ1) is 8.83. The quantitative estimate of drug-likeness (QED) is 0.896. The van der Waals surface area contributed by atoms with E-state index in [1.54, 1.807) is 6.20 Å². The number of aryl methyl sites for hydroxylation is 1. The first-order valence-electron chi connectivity index (χ1n) is 6.35. The summed E-state index contributed by atoms with van der Waals surface area (Å²) >= 11 is 0. The molecule has 1 N–H and O–H groups in total. The van der Waals surface area contributed by atoms with Crippen molar-refractivity contribution in [3.8, 4) is 0 Å². The van der Waals surface area contributed by atoms with Crippen molar-refractivity contribution in [1.82, 2.24) is 25.0 Å². The minimum atomic E-state index is 0.340. The maximum atomic E-state index is 5.02. The van der Waals surface area contributed by atoms with E-state index in [2.05, 4.69) is 25.0 Å². The van der Waals surface area contributed by atoms with E-state index in [0.29, 0.717) is 11.9 Å². The molecule has 0 unspecified atom stereocenters. The topological polar surface area (TPSA) is 70.8 Å². The van der Waals surface area contributed by atoms with Gasteiger partial charge < -0.3 is 9.51 Å². The Hall–Kier alpha value is -1.69. The van der Waals surface area contributed by atoms with E-state index in [1.807, 2.05) is 13.1 Å². The van der Waals surface area contributed by atoms with E-state index in [-0.39, 0.29) is 0 Å². The number of piperidine rings is 1. The molecule has 2 aromatic rings. The maximum Gasteiger partial charge on any atom is 0.223 e. The molecule has 18 heavy (non-hydrogen) atoms. The first-order valence-corrected chi connectivity index (χ1v) is 6.35. The van der Waals surface area contributed by atoms with Gasteiger partial charge in [0.1, 0.15) is 5.82 Å². The van der Waals surface area contributed by atoms with E-state index in [1.165, 1.54) is 12.8 Å². The van der Waals surface area contributed by atoms with E-state index in [9.17, 15) is 0 Å². The third-order valence-electron chi connectivity index (χ3n) is 3.36. The van der Waals surface area contributed by atoms with E-state index in [0.717, 1.165) is 31.2 Å². The summed E-state index contributed by atoms with van der Waals surface area (Å²) in [7, 11) is 0. The lowest BCUT2D eigenvalue weighted by Gasteiger charge is -2.33. The van der Waals surface area contributed by atoms with Crippen molar-refractivity contribution in [2.24, 2.45) is 0 Å². The standard InChI is InChI=1S/C12H17N5O/c1-9-15-11(16-18-9)8-17-7-3-2-4-10(17)12-13-5-6-14-12/h5-6,10H,2-4,7-8H2,1H3,(H,13,14)/t10-/m1/s1. The lowest BCUT2D eigenvalue weighted by molar-refractivity contribution is 0.129. The minimum Gasteiger partial charge on any atom is -0.347 e. The summed E-state index contributed by atoms with van der Waals surface area (Å²) < 4.78 is 5.02. The van der Waals surface area contributed by atoms with Crippen LogP contribution in [0.1, 0.15) is 42.8 Å². The van der Waals surface area contributed by atoms with Gasteiger partial charge in [-0.15, -0.1) is 0 Å². The Morgan fingerprint density at radius 3 is 3.17 bits per heavy atom. The Labute approximate surface area is 105 Å². The first kappa shape index (κ1) is 11.4. The zero-order chi connectivity index (χ0) is 12.4. The SMILES string of the molecule is Cc1nc(CN2CCCC[C@@H]2c2ncc[nH]2)no1. The molecular weight excluding hydrogens is 230 g/mol. The second-order valence-electron chi connectivity index (χ2n) is 4.69. The van der Waals surface area contributed by atoms with Gasteiger partial charge in [-0.3, -0.25) is 4.90 Å². The van der Waals surface area contributed by atoms with Gasteiger partial charge in [0.25, 0.3) is 0 Å². The summed E-state index contributed by atoms with van der Waals surface area (Å²) in [6, 6.07) is 0.340. The predicted molar refractivity (Wildman–Crippen MR) is 64.6 cm³/mol. The summed E-state index contributed by atoms with van der Waals surface area (Å²) in [4.78, 5) is 14.2.